The Morgan fingerprint density at radius 1 is 1.14 bits per heavy atom. The number of benzene rings is 2. The molecule has 0 saturated carbocycles. The van der Waals surface area contributed by atoms with Crippen LogP contribution in [-0.4, -0.2) is 47.7 Å². The normalized spacial score (nSPS) is 15.9. The van der Waals surface area contributed by atoms with Crippen molar-refractivity contribution in [2.24, 2.45) is 0 Å². The number of rotatable bonds is 5. The van der Waals surface area contributed by atoms with Gasteiger partial charge in [0.05, 0.1) is 23.9 Å². The maximum Gasteiger partial charge on any atom is 0.211 e. The van der Waals surface area contributed by atoms with Crippen molar-refractivity contribution in [1.82, 2.24) is 19.7 Å². The summed E-state index contributed by atoms with van der Waals surface area (Å²) in [5.41, 5.74) is 2.54. The van der Waals surface area contributed by atoms with Gasteiger partial charge in [-0.1, -0.05) is 12.1 Å². The molecule has 1 fully saturated rings. The lowest BCUT2D eigenvalue weighted by Gasteiger charge is -2.34. The van der Waals surface area contributed by atoms with Gasteiger partial charge in [0.1, 0.15) is 17.5 Å². The molecule has 1 aliphatic rings. The number of nitriles is 1. The van der Waals surface area contributed by atoms with E-state index in [1.165, 1.54) is 25.3 Å². The Bertz CT molecular complexity index is 1440. The van der Waals surface area contributed by atoms with Crippen LogP contribution in [0.2, 0.25) is 0 Å². The van der Waals surface area contributed by atoms with Crippen LogP contribution in [0.3, 0.4) is 0 Å². The summed E-state index contributed by atoms with van der Waals surface area (Å²) in [7, 11) is 3.35. The molecule has 0 aliphatic carbocycles. The molecule has 4 aromatic rings. The van der Waals surface area contributed by atoms with Gasteiger partial charge < -0.3 is 15.0 Å². The summed E-state index contributed by atoms with van der Waals surface area (Å²) in [5.74, 6) is -0.370. The smallest absolute Gasteiger partial charge is 0.211 e. The van der Waals surface area contributed by atoms with E-state index in [0.29, 0.717) is 40.0 Å². The third-order valence-electron chi connectivity index (χ3n) is 6.44. The van der Waals surface area contributed by atoms with Gasteiger partial charge in [-0.15, -0.1) is 0 Å². The van der Waals surface area contributed by atoms with Gasteiger partial charge in [0.15, 0.2) is 11.6 Å². The fourth-order valence-corrected chi connectivity index (χ4v) is 4.63. The maximum atomic E-state index is 14.7. The summed E-state index contributed by atoms with van der Waals surface area (Å²) in [5, 5.41) is 12.5. The number of halogens is 2. The van der Waals surface area contributed by atoms with Gasteiger partial charge in [0.2, 0.25) is 5.95 Å². The van der Waals surface area contributed by atoms with Gasteiger partial charge in [-0.25, -0.2) is 18.7 Å². The number of imidazole rings is 1. The third-order valence-corrected chi connectivity index (χ3v) is 6.44. The molecule has 0 amide bonds. The first-order valence-electron chi connectivity index (χ1n) is 11.4. The highest BCUT2D eigenvalue weighted by atomic mass is 19.1. The number of fused-ring (bicyclic) bond motifs is 1. The largest absolute Gasteiger partial charge is 0.494 e. The van der Waals surface area contributed by atoms with Crippen LogP contribution in [0.1, 0.15) is 18.4 Å². The quantitative estimate of drug-likeness (QED) is 0.462. The van der Waals surface area contributed by atoms with E-state index < -0.39 is 11.6 Å². The summed E-state index contributed by atoms with van der Waals surface area (Å²) in [4.78, 5) is 11.8. The van der Waals surface area contributed by atoms with Gasteiger partial charge in [0.25, 0.3) is 0 Å². The van der Waals surface area contributed by atoms with Crippen molar-refractivity contribution in [3.05, 3.63) is 66.0 Å². The van der Waals surface area contributed by atoms with Gasteiger partial charge in [0, 0.05) is 37.1 Å². The topological polar surface area (TPSA) is 78.5 Å². The molecule has 1 saturated heterocycles. The number of nitrogens with zero attached hydrogens (tertiary/aromatic N) is 5. The summed E-state index contributed by atoms with van der Waals surface area (Å²) in [6.45, 7) is 1.57. The fourth-order valence-electron chi connectivity index (χ4n) is 4.63. The van der Waals surface area contributed by atoms with Crippen LogP contribution in [0.25, 0.3) is 28.0 Å². The van der Waals surface area contributed by atoms with Crippen molar-refractivity contribution >= 4 is 11.6 Å². The molecule has 0 bridgehead atoms. The average Bonchev–Trinajstić information content (AvgIpc) is 3.37. The molecule has 2 aromatic heterocycles. The minimum absolute atomic E-state index is 0.0548. The zero-order valence-corrected chi connectivity index (χ0v) is 19.4. The molecule has 1 N–H and O–H groups in total. The first kappa shape index (κ1) is 22.7. The van der Waals surface area contributed by atoms with E-state index in [0.717, 1.165) is 25.9 Å². The zero-order chi connectivity index (χ0) is 24.5. The van der Waals surface area contributed by atoms with E-state index in [2.05, 4.69) is 15.2 Å². The van der Waals surface area contributed by atoms with Gasteiger partial charge in [-0.05, 0) is 49.7 Å². The Morgan fingerprint density at radius 2 is 1.94 bits per heavy atom. The second kappa shape index (κ2) is 9.31. The Labute approximate surface area is 201 Å². The first-order chi connectivity index (χ1) is 17.0. The molecule has 1 atom stereocenters. The third kappa shape index (κ3) is 4.06. The SMILES string of the molecule is CNC1CCCN(c2nc(-c3ccc(C#N)c(F)c3)c(-c3ccc(OC)c(F)c3)c3nccn23)C1. The summed E-state index contributed by atoms with van der Waals surface area (Å²) in [6.07, 6.45) is 5.56. The van der Waals surface area contributed by atoms with E-state index in [4.69, 9.17) is 9.72 Å². The van der Waals surface area contributed by atoms with Crippen LogP contribution in [0.4, 0.5) is 14.7 Å². The highest BCUT2D eigenvalue weighted by Gasteiger charge is 2.26. The summed E-state index contributed by atoms with van der Waals surface area (Å²) >= 11 is 0. The van der Waals surface area contributed by atoms with Crippen molar-refractivity contribution < 1.29 is 13.5 Å². The summed E-state index contributed by atoms with van der Waals surface area (Å²) in [6, 6.07) is 11.2. The zero-order valence-electron chi connectivity index (χ0n) is 19.4. The summed E-state index contributed by atoms with van der Waals surface area (Å²) < 4.78 is 36.4. The molecule has 178 valence electrons. The maximum absolute atomic E-state index is 14.7. The first-order valence-corrected chi connectivity index (χ1v) is 11.4. The number of ether oxygens (including phenoxy) is 1. The lowest BCUT2D eigenvalue weighted by molar-refractivity contribution is 0.386. The van der Waals surface area contributed by atoms with Crippen molar-refractivity contribution in [2.45, 2.75) is 18.9 Å². The standard InChI is InChI=1S/C26H24F2N6O/c1-30-19-4-3-10-33(15-19)26-32-24(17-5-6-18(14-29)20(27)13-17)23(25-31-9-11-34(25)26)16-7-8-22(35-2)21(28)12-16/h5-9,11-13,19,30H,3-4,10,15H2,1-2H3. The molecular weight excluding hydrogens is 450 g/mol. The number of likely N-dealkylation sites (N-methyl/N-ethyl adjacent to an activating group) is 1. The minimum atomic E-state index is -0.642. The molecule has 0 radical (unpaired) electrons. The number of piperidine rings is 1. The minimum Gasteiger partial charge on any atom is -0.494 e. The van der Waals surface area contributed by atoms with E-state index in [9.17, 15) is 14.0 Å². The van der Waals surface area contributed by atoms with Gasteiger partial charge in [-0.2, -0.15) is 5.26 Å². The molecule has 9 heteroatoms. The lowest BCUT2D eigenvalue weighted by atomic mass is 9.98. The number of nitrogens with one attached hydrogen (secondary N) is 1. The molecule has 1 aliphatic heterocycles. The number of methoxy groups -OCH3 is 1. The van der Waals surface area contributed by atoms with Crippen LogP contribution < -0.4 is 15.0 Å². The Balaban J connectivity index is 1.78. The number of hydrogen-bond acceptors (Lipinski definition) is 6. The predicted molar refractivity (Wildman–Crippen MR) is 129 cm³/mol. The van der Waals surface area contributed by atoms with Gasteiger partial charge in [-0.3, -0.25) is 4.40 Å². The van der Waals surface area contributed by atoms with Crippen LogP contribution in [-0.2, 0) is 0 Å². The highest BCUT2D eigenvalue weighted by Crippen LogP contribution is 2.38. The Kier molecular flexibility index (Phi) is 6.05. The average molecular weight is 475 g/mol. The van der Waals surface area contributed by atoms with Crippen molar-refractivity contribution in [1.29, 1.82) is 5.26 Å². The van der Waals surface area contributed by atoms with Crippen LogP contribution in [0, 0.1) is 23.0 Å². The molecule has 7 nitrogen and oxygen atoms in total. The Hall–Kier alpha value is -4.03. The van der Waals surface area contributed by atoms with Crippen molar-refractivity contribution in [3.8, 4) is 34.2 Å². The molecule has 35 heavy (non-hydrogen) atoms. The predicted octanol–water partition coefficient (Wildman–Crippen LogP) is 4.41. The fraction of sp³-hybridized carbons (Fsp3) is 0.269. The monoisotopic (exact) mass is 474 g/mol. The number of aromatic nitrogens is 3. The molecular formula is C26H24F2N6O. The van der Waals surface area contributed by atoms with Crippen molar-refractivity contribution in [2.75, 3.05) is 32.1 Å². The van der Waals surface area contributed by atoms with Crippen LogP contribution in [0.15, 0.2) is 48.8 Å². The second-order valence-electron chi connectivity index (χ2n) is 8.49. The molecule has 5 rings (SSSR count). The van der Waals surface area contributed by atoms with E-state index in [-0.39, 0.29) is 11.3 Å². The van der Waals surface area contributed by atoms with E-state index in [1.54, 1.807) is 24.4 Å². The van der Waals surface area contributed by atoms with E-state index in [1.807, 2.05) is 23.7 Å². The second-order valence-corrected chi connectivity index (χ2v) is 8.49. The molecule has 0 spiro atoms. The van der Waals surface area contributed by atoms with E-state index >= 15 is 0 Å². The van der Waals surface area contributed by atoms with Crippen LogP contribution >= 0.6 is 0 Å². The molecule has 1 unspecified atom stereocenters. The molecule has 2 aromatic carbocycles. The van der Waals surface area contributed by atoms with Crippen molar-refractivity contribution in [3.63, 3.8) is 0 Å². The number of hydrogen-bond donors (Lipinski definition) is 1. The van der Waals surface area contributed by atoms with Crippen LogP contribution in [0.5, 0.6) is 5.75 Å². The lowest BCUT2D eigenvalue weighted by Crippen LogP contribution is -2.45. The number of anilines is 1. The molecule has 3 heterocycles. The Morgan fingerprint density at radius 3 is 2.66 bits per heavy atom. The highest BCUT2D eigenvalue weighted by molar-refractivity contribution is 5.91. The van der Waals surface area contributed by atoms with Gasteiger partial charge >= 0.3 is 0 Å².